The van der Waals surface area contributed by atoms with E-state index in [1.807, 2.05) is 0 Å². The van der Waals surface area contributed by atoms with Crippen molar-refractivity contribution in [3.63, 3.8) is 0 Å². The second kappa shape index (κ2) is 22.8. The summed E-state index contributed by atoms with van der Waals surface area (Å²) in [6, 6.07) is 8.07. The number of hydrogen-bond acceptors (Lipinski definition) is 13. The van der Waals surface area contributed by atoms with Crippen LogP contribution in [0, 0.1) is 35.3 Å². The summed E-state index contributed by atoms with van der Waals surface area (Å²) in [6.45, 7) is 3.67. The van der Waals surface area contributed by atoms with Gasteiger partial charge in [-0.1, -0.05) is 31.1 Å². The zero-order valence-corrected chi connectivity index (χ0v) is 36.2. The number of likely N-dealkylation sites (tertiary alicyclic amines) is 2. The molecule has 0 spiro atoms. The average Bonchev–Trinajstić information content (AvgIpc) is 3.70. The Balaban J connectivity index is 0.000000281. The third-order valence-corrected chi connectivity index (χ3v) is 10.3. The molecular weight excluding hydrogens is 845 g/mol. The molecule has 2 fully saturated rings. The normalized spacial score (nSPS) is 17.6. The number of hydrogen-bond donors (Lipinski definition) is 3. The van der Waals surface area contributed by atoms with Gasteiger partial charge in [-0.2, -0.15) is 0 Å². The predicted molar refractivity (Wildman–Crippen MR) is 235 cm³/mol. The summed E-state index contributed by atoms with van der Waals surface area (Å²) in [7, 11) is 6.34. The fourth-order valence-electron chi connectivity index (χ4n) is 6.68. The second-order valence-corrected chi connectivity index (χ2v) is 15.0. The number of aromatic nitrogens is 4. The number of benzene rings is 2. The Morgan fingerprint density at radius 1 is 0.769 bits per heavy atom. The van der Waals surface area contributed by atoms with Crippen LogP contribution in [0.25, 0.3) is 22.8 Å². The molecule has 6 rings (SSSR count). The Bertz CT molecular complexity index is 2540. The zero-order valence-electron chi connectivity index (χ0n) is 36.2. The number of carbonyl (C=O) groups excluding carboxylic acids is 4. The number of nitrogens with zero attached hydrogens (tertiary/aromatic N) is 6. The minimum Gasteiger partial charge on any atom is -0.461 e. The first-order chi connectivity index (χ1) is 30.5. The van der Waals surface area contributed by atoms with Crippen molar-refractivity contribution < 1.29 is 52.4 Å². The van der Waals surface area contributed by atoms with Gasteiger partial charge in [0.05, 0.1) is 17.7 Å². The lowest BCUT2D eigenvalue weighted by atomic mass is 10.0. The number of nitrogens with two attached hydrogens (primary N) is 1. The van der Waals surface area contributed by atoms with Crippen molar-refractivity contribution in [3.8, 4) is 46.5 Å². The topological polar surface area (TPSA) is 220 Å². The van der Waals surface area contributed by atoms with Crippen LogP contribution in [0.4, 0.5) is 8.78 Å². The highest BCUT2D eigenvalue weighted by Gasteiger charge is 2.43. The molecule has 0 aliphatic carbocycles. The van der Waals surface area contributed by atoms with Crippen molar-refractivity contribution in [1.29, 1.82) is 0 Å². The van der Waals surface area contributed by atoms with E-state index in [4.69, 9.17) is 19.9 Å². The van der Waals surface area contributed by atoms with E-state index in [-0.39, 0.29) is 61.0 Å². The molecule has 2 aliphatic heterocycles. The first-order valence-corrected chi connectivity index (χ1v) is 20.3. The summed E-state index contributed by atoms with van der Waals surface area (Å²) in [6.07, 6.45) is 5.61. The summed E-state index contributed by atoms with van der Waals surface area (Å²) >= 11 is 0. The number of ether oxygens (including phenoxy) is 3. The van der Waals surface area contributed by atoms with Crippen LogP contribution in [0.5, 0.6) is 0 Å². The number of likely N-dealkylation sites (N-methyl/N-ethyl adjacent to an activating group) is 2. The fraction of sp³-hybridized carbons (Fsp3) is 0.404. The first-order valence-electron chi connectivity index (χ1n) is 20.3. The van der Waals surface area contributed by atoms with E-state index in [2.05, 4.69) is 43.6 Å². The maximum atomic E-state index is 14.6. The van der Waals surface area contributed by atoms with Crippen molar-refractivity contribution in [2.45, 2.75) is 64.1 Å². The molecule has 3 amide bonds. The molecule has 2 aromatic heterocycles. The zero-order chi connectivity index (χ0) is 46.6. The lowest BCUT2D eigenvalue weighted by Gasteiger charge is -2.13. The third kappa shape index (κ3) is 12.5. The van der Waals surface area contributed by atoms with E-state index >= 15 is 0 Å². The van der Waals surface area contributed by atoms with Crippen LogP contribution < -0.4 is 5.73 Å². The van der Waals surface area contributed by atoms with E-state index in [0.717, 1.165) is 0 Å². The molecule has 16 nitrogen and oxygen atoms in total. The second-order valence-electron chi connectivity index (χ2n) is 15.0. The lowest BCUT2D eigenvalue weighted by Crippen LogP contribution is -2.37. The van der Waals surface area contributed by atoms with Gasteiger partial charge >= 0.3 is 5.97 Å². The SMILES string of the molecule is C.CCOC(=O)c1nc(-c2cc(C#C[C@]3(O)CCN(C)C3=O)ccc2F)ncc1CCCOC.COCCCc1cnc(-c2cc(C#C[C@]3(O)CCN(C)C3=O)ccc2F)nc1C(N)=O. The highest BCUT2D eigenvalue weighted by molar-refractivity contribution is 5.93. The number of primary amides is 1. The number of carbonyl (C=O) groups is 4. The molecule has 2 aliphatic rings. The predicted octanol–water partition coefficient (Wildman–Crippen LogP) is 3.52. The van der Waals surface area contributed by atoms with E-state index in [9.17, 15) is 38.2 Å². The molecular formula is C47H53F2N7O9. The van der Waals surface area contributed by atoms with Gasteiger partial charge in [-0.25, -0.2) is 33.5 Å². The minimum absolute atomic E-state index is 0. The minimum atomic E-state index is -1.76. The van der Waals surface area contributed by atoms with Gasteiger partial charge in [-0.3, -0.25) is 14.4 Å². The van der Waals surface area contributed by atoms with Crippen LogP contribution in [0.15, 0.2) is 48.8 Å². The Kier molecular flexibility index (Phi) is 17.8. The molecule has 4 heterocycles. The molecule has 0 saturated carbocycles. The Labute approximate surface area is 376 Å². The van der Waals surface area contributed by atoms with Crippen LogP contribution >= 0.6 is 0 Å². The molecule has 2 aromatic carbocycles. The maximum absolute atomic E-state index is 14.6. The monoisotopic (exact) mass is 897 g/mol. The molecule has 2 atom stereocenters. The highest BCUT2D eigenvalue weighted by atomic mass is 19.1. The third-order valence-electron chi connectivity index (χ3n) is 10.3. The van der Waals surface area contributed by atoms with Crippen LogP contribution in [-0.4, -0.2) is 136 Å². The Morgan fingerprint density at radius 2 is 1.20 bits per heavy atom. The Hall–Kier alpha value is -6.70. The van der Waals surface area contributed by atoms with Crippen LogP contribution in [-0.2, 0) is 36.6 Å². The van der Waals surface area contributed by atoms with Gasteiger partial charge in [0.25, 0.3) is 17.7 Å². The number of methoxy groups -OCH3 is 2. The average molecular weight is 898 g/mol. The number of halogens is 2. The number of aliphatic hydroxyl groups is 2. The van der Waals surface area contributed by atoms with Crippen LogP contribution in [0.1, 0.15) is 83.3 Å². The molecule has 344 valence electrons. The lowest BCUT2D eigenvalue weighted by molar-refractivity contribution is -0.138. The van der Waals surface area contributed by atoms with E-state index in [0.29, 0.717) is 74.2 Å². The number of amides is 3. The Morgan fingerprint density at radius 3 is 1.58 bits per heavy atom. The van der Waals surface area contributed by atoms with Crippen LogP contribution in [0.2, 0.25) is 0 Å². The molecule has 0 radical (unpaired) electrons. The molecule has 0 bridgehead atoms. The van der Waals surface area contributed by atoms with Gasteiger partial charge in [0.2, 0.25) is 11.2 Å². The summed E-state index contributed by atoms with van der Waals surface area (Å²) < 4.78 is 44.3. The van der Waals surface area contributed by atoms with Gasteiger partial charge in [0.1, 0.15) is 17.3 Å². The summed E-state index contributed by atoms with van der Waals surface area (Å²) in [5.41, 5.74) is 3.95. The maximum Gasteiger partial charge on any atom is 0.357 e. The van der Waals surface area contributed by atoms with E-state index < -0.39 is 46.5 Å². The standard InChI is InChI=1S/C24H26FN3O5.C22H23FN4O4.CH4/c1-4-33-22(29)20-17(6-5-13-32-3)15-26-21(27-20)18-14-16(7-8-19(18)25)9-10-24(31)11-12-28(2)23(24)30;1-27-10-9-22(30,21(27)29)8-7-14-5-6-17(23)16(12-14)20-25-13-15(4-3-11-31-2)18(26-20)19(24)28;/h7-8,14-15,31H,4-6,11-13H2,1-3H3;5-6,12-13,30H,3-4,9-11H2,1-2H3,(H2,24,28);1H4/t24-;22-;/m00./s1. The van der Waals surface area contributed by atoms with E-state index in [1.165, 1.54) is 58.6 Å². The quantitative estimate of drug-likeness (QED) is 0.0995. The molecule has 2 saturated heterocycles. The van der Waals surface area contributed by atoms with Gasteiger partial charge in [-0.05, 0) is 69.0 Å². The highest BCUT2D eigenvalue weighted by Crippen LogP contribution is 2.26. The summed E-state index contributed by atoms with van der Waals surface area (Å²) in [4.78, 5) is 68.2. The largest absolute Gasteiger partial charge is 0.461 e. The van der Waals surface area contributed by atoms with Gasteiger partial charge in [0.15, 0.2) is 17.3 Å². The molecule has 18 heteroatoms. The van der Waals surface area contributed by atoms with Crippen LogP contribution in [0.3, 0.4) is 0 Å². The molecule has 4 aromatic rings. The van der Waals surface area contributed by atoms with Gasteiger partial charge < -0.3 is 40.0 Å². The smallest absolute Gasteiger partial charge is 0.357 e. The van der Waals surface area contributed by atoms with E-state index in [1.54, 1.807) is 35.2 Å². The van der Waals surface area contributed by atoms with Crippen molar-refractivity contribution in [1.82, 2.24) is 29.7 Å². The van der Waals surface area contributed by atoms with Crippen molar-refractivity contribution in [2.24, 2.45) is 5.73 Å². The molecule has 65 heavy (non-hydrogen) atoms. The number of rotatable bonds is 13. The number of esters is 1. The summed E-state index contributed by atoms with van der Waals surface area (Å²) in [5, 5.41) is 20.9. The van der Waals surface area contributed by atoms with Crippen molar-refractivity contribution in [3.05, 3.63) is 94.1 Å². The van der Waals surface area contributed by atoms with Gasteiger partial charge in [-0.15, -0.1) is 0 Å². The molecule has 4 N–H and O–H groups in total. The first kappa shape index (κ1) is 50.9. The molecule has 0 unspecified atom stereocenters. The summed E-state index contributed by atoms with van der Waals surface area (Å²) in [5.74, 6) is 7.15. The van der Waals surface area contributed by atoms with Crippen molar-refractivity contribution >= 4 is 23.7 Å². The van der Waals surface area contributed by atoms with Crippen molar-refractivity contribution in [2.75, 3.05) is 61.2 Å². The number of aryl methyl sites for hydroxylation is 2. The fourth-order valence-corrected chi connectivity index (χ4v) is 6.68. The van der Waals surface area contributed by atoms with Gasteiger partial charge in [0, 0.05) is 102 Å².